The van der Waals surface area contributed by atoms with Crippen molar-refractivity contribution in [1.29, 1.82) is 0 Å². The zero-order valence-electron chi connectivity index (χ0n) is 43.1. The number of carbonyl (C=O) groups is 8. The molecule has 18 nitrogen and oxygen atoms in total. The van der Waals surface area contributed by atoms with E-state index in [1.54, 1.807) is 41.5 Å². The van der Waals surface area contributed by atoms with E-state index in [2.05, 4.69) is 10.6 Å². The second-order valence-corrected chi connectivity index (χ2v) is 23.9. The zero-order chi connectivity index (χ0) is 53.2. The Balaban J connectivity index is 1.47. The molecule has 2 aliphatic heterocycles. The number of rotatable bonds is 23. The summed E-state index contributed by atoms with van der Waals surface area (Å²) in [6.45, 7) is 9.94. The first-order chi connectivity index (χ1) is 34.1. The van der Waals surface area contributed by atoms with E-state index in [1.165, 1.54) is 78.9 Å². The van der Waals surface area contributed by atoms with E-state index in [9.17, 15) is 38.4 Å². The highest BCUT2D eigenvalue weighted by Crippen LogP contribution is 2.28. The lowest BCUT2D eigenvalue weighted by molar-refractivity contribution is -0.148. The van der Waals surface area contributed by atoms with Crippen molar-refractivity contribution in [2.75, 3.05) is 75.9 Å². The first-order valence-electron chi connectivity index (χ1n) is 23.8. The molecule has 2 aliphatic rings. The molecule has 6 amide bonds. The fraction of sp³-hybridized carbons (Fsp3) is 0.600. The Hall–Kier alpha value is -4.80. The average Bonchev–Trinajstić information content (AvgIpc) is 3.33. The molecule has 398 valence electrons. The molecule has 0 saturated carbocycles. The van der Waals surface area contributed by atoms with E-state index in [4.69, 9.17) is 18.9 Å². The number of ether oxygens (including phenoxy) is 4. The van der Waals surface area contributed by atoms with Gasteiger partial charge in [0.2, 0.25) is 23.6 Å². The maximum atomic E-state index is 14.3. The minimum Gasteiger partial charge on any atom is -0.467 e. The summed E-state index contributed by atoms with van der Waals surface area (Å²) in [5.74, 6) is -1.31. The predicted octanol–water partition coefficient (Wildman–Crippen LogP) is 5.57. The lowest BCUT2D eigenvalue weighted by Gasteiger charge is -2.38. The SMILES string of the molecule is COC(=O)[C@H](CCSC)NC(=O)[C@@H]1Cc2ccccc2CN1C(=O)CN(CCSSCCN(CC(=O)N1Cc2ccccc2C[C@H]1C(=O)N[C@@H](CCSC)C(=O)OC)C(=O)OC(C)(C)C)C(=O)OC(C)(C)C. The van der Waals surface area contributed by atoms with Crippen molar-refractivity contribution in [3.63, 3.8) is 0 Å². The maximum Gasteiger partial charge on any atom is 0.410 e. The fourth-order valence-electron chi connectivity index (χ4n) is 7.87. The molecule has 2 aromatic carbocycles. The van der Waals surface area contributed by atoms with Gasteiger partial charge in [-0.05, 0) is 101 Å². The predicted molar refractivity (Wildman–Crippen MR) is 283 cm³/mol. The zero-order valence-corrected chi connectivity index (χ0v) is 46.4. The maximum absolute atomic E-state index is 14.3. The molecule has 2 heterocycles. The first kappa shape index (κ1) is 59.8. The Morgan fingerprint density at radius 2 is 0.931 bits per heavy atom. The van der Waals surface area contributed by atoms with Crippen LogP contribution in [0.4, 0.5) is 9.59 Å². The average molecular weight is 1080 g/mol. The van der Waals surface area contributed by atoms with E-state index >= 15 is 0 Å². The van der Waals surface area contributed by atoms with Crippen molar-refractivity contribution in [2.24, 2.45) is 0 Å². The number of esters is 2. The van der Waals surface area contributed by atoms with Gasteiger partial charge in [-0.25, -0.2) is 19.2 Å². The molecular formula is C50H72N6O12S4. The van der Waals surface area contributed by atoms with Crippen molar-refractivity contribution in [3.05, 3.63) is 70.8 Å². The van der Waals surface area contributed by atoms with Crippen LogP contribution in [0.2, 0.25) is 0 Å². The van der Waals surface area contributed by atoms with Crippen LogP contribution in [-0.2, 0) is 73.6 Å². The van der Waals surface area contributed by atoms with Crippen LogP contribution in [0.15, 0.2) is 48.5 Å². The van der Waals surface area contributed by atoms with E-state index in [-0.39, 0.29) is 39.0 Å². The number of thioether (sulfide) groups is 2. The molecule has 4 atom stereocenters. The standard InChI is InChI=1S/C50H72N6O12S4/c1-49(2,3)67-47(63)53(31-41(57)55-29-35-17-13-11-15-33(35)27-39(55)43(59)51-37(19-23-69-9)45(61)65-7)21-25-71-72-26-22-54(48(64)68-50(4,5)6)32-42(58)56-30-36-18-14-12-16-34(36)28-40(56)44(60)52-38(20-24-70-10)46(62)66-8/h11-18,37-40H,19-32H2,1-10H3,(H,51,59)(H,52,60)/t37-,38-,39-,40-/m0/s1. The van der Waals surface area contributed by atoms with Gasteiger partial charge in [-0.2, -0.15) is 23.5 Å². The van der Waals surface area contributed by atoms with E-state index in [0.717, 1.165) is 22.3 Å². The lowest BCUT2D eigenvalue weighted by atomic mass is 9.93. The number of carbonyl (C=O) groups excluding carboxylic acids is 8. The molecule has 0 bridgehead atoms. The van der Waals surface area contributed by atoms with Gasteiger partial charge in [0.05, 0.1) is 14.2 Å². The molecule has 2 aromatic rings. The summed E-state index contributed by atoms with van der Waals surface area (Å²) < 4.78 is 21.4. The van der Waals surface area contributed by atoms with Gasteiger partial charge in [0.25, 0.3) is 0 Å². The summed E-state index contributed by atoms with van der Waals surface area (Å²) in [6, 6.07) is 11.3. The van der Waals surface area contributed by atoms with Crippen LogP contribution in [0.3, 0.4) is 0 Å². The molecule has 0 saturated heterocycles. The Morgan fingerprint density at radius 3 is 1.25 bits per heavy atom. The van der Waals surface area contributed by atoms with Crippen LogP contribution in [0, 0.1) is 0 Å². The van der Waals surface area contributed by atoms with Crippen LogP contribution in [0.25, 0.3) is 0 Å². The van der Waals surface area contributed by atoms with Crippen molar-refractivity contribution in [3.8, 4) is 0 Å². The summed E-state index contributed by atoms with van der Waals surface area (Å²) in [4.78, 5) is 115. The summed E-state index contributed by atoms with van der Waals surface area (Å²) in [5.41, 5.74) is 1.74. The normalized spacial score (nSPS) is 16.2. The fourth-order valence-corrected chi connectivity index (χ4v) is 10.8. The van der Waals surface area contributed by atoms with E-state index in [0.29, 0.717) is 35.9 Å². The summed E-state index contributed by atoms with van der Waals surface area (Å²) >= 11 is 3.04. The third kappa shape index (κ3) is 18.6. The van der Waals surface area contributed by atoms with Crippen LogP contribution >= 0.6 is 45.1 Å². The minimum absolute atomic E-state index is 0.0843. The lowest BCUT2D eigenvalue weighted by Crippen LogP contribution is -2.57. The highest BCUT2D eigenvalue weighted by Gasteiger charge is 2.40. The van der Waals surface area contributed by atoms with Crippen LogP contribution in [0.5, 0.6) is 0 Å². The highest BCUT2D eigenvalue weighted by molar-refractivity contribution is 8.76. The molecule has 72 heavy (non-hydrogen) atoms. The van der Waals surface area contributed by atoms with Gasteiger partial charge in [0.1, 0.15) is 48.5 Å². The minimum atomic E-state index is -0.971. The largest absolute Gasteiger partial charge is 0.467 e. The molecule has 4 rings (SSSR count). The van der Waals surface area contributed by atoms with Gasteiger partial charge < -0.3 is 39.4 Å². The molecule has 2 N–H and O–H groups in total. The Labute approximate surface area is 440 Å². The van der Waals surface area contributed by atoms with Gasteiger partial charge in [-0.15, -0.1) is 0 Å². The summed E-state index contributed by atoms with van der Waals surface area (Å²) in [5, 5.41) is 5.62. The Bertz CT molecular complexity index is 2060. The number of benzene rings is 2. The second-order valence-electron chi connectivity index (χ2n) is 19.2. The third-order valence-electron chi connectivity index (χ3n) is 11.5. The summed E-state index contributed by atoms with van der Waals surface area (Å²) in [7, 11) is 5.28. The van der Waals surface area contributed by atoms with Gasteiger partial charge in [0, 0.05) is 50.5 Å². The molecule has 0 aliphatic carbocycles. The highest BCUT2D eigenvalue weighted by atomic mass is 33.1. The number of methoxy groups -OCH3 is 2. The van der Waals surface area contributed by atoms with E-state index in [1.807, 2.05) is 61.0 Å². The molecule has 0 spiro atoms. The number of fused-ring (bicyclic) bond motifs is 2. The second kappa shape index (κ2) is 28.6. The van der Waals surface area contributed by atoms with Gasteiger partial charge in [0.15, 0.2) is 0 Å². The molecule has 0 aromatic heterocycles. The van der Waals surface area contributed by atoms with Crippen LogP contribution in [-0.4, -0.2) is 179 Å². The molecule has 0 radical (unpaired) electrons. The van der Waals surface area contributed by atoms with Crippen molar-refractivity contribution in [2.45, 2.75) is 116 Å². The smallest absolute Gasteiger partial charge is 0.410 e. The number of hydrogen-bond acceptors (Lipinski definition) is 16. The van der Waals surface area contributed by atoms with Gasteiger partial charge >= 0.3 is 24.1 Å². The third-order valence-corrected chi connectivity index (χ3v) is 15.1. The number of nitrogens with zero attached hydrogens (tertiary/aromatic N) is 4. The first-order valence-corrected chi connectivity index (χ1v) is 29.0. The monoisotopic (exact) mass is 1080 g/mol. The number of nitrogens with one attached hydrogen (secondary N) is 2. The van der Waals surface area contributed by atoms with Crippen LogP contribution < -0.4 is 10.6 Å². The van der Waals surface area contributed by atoms with Crippen molar-refractivity contribution in [1.82, 2.24) is 30.2 Å². The van der Waals surface area contributed by atoms with Gasteiger partial charge in [-0.3, -0.25) is 29.0 Å². The Morgan fingerprint density at radius 1 is 0.583 bits per heavy atom. The molecular weight excluding hydrogens is 1000 g/mol. The molecule has 0 unspecified atom stereocenters. The molecule has 0 fully saturated rings. The number of hydrogen-bond donors (Lipinski definition) is 2. The van der Waals surface area contributed by atoms with E-state index < -0.39 is 96.2 Å². The van der Waals surface area contributed by atoms with Gasteiger partial charge in [-0.1, -0.05) is 70.1 Å². The van der Waals surface area contributed by atoms with Crippen molar-refractivity contribution >= 4 is 92.9 Å². The van der Waals surface area contributed by atoms with Crippen LogP contribution in [0.1, 0.15) is 76.6 Å². The molecule has 22 heteroatoms. The van der Waals surface area contributed by atoms with Crippen molar-refractivity contribution < 1.29 is 57.3 Å². The number of amides is 6. The topological polar surface area (TPSA) is 210 Å². The quantitative estimate of drug-likeness (QED) is 0.0603. The Kier molecular flexibility index (Phi) is 23.7. The summed E-state index contributed by atoms with van der Waals surface area (Å²) in [6.07, 6.45) is 3.43.